The summed E-state index contributed by atoms with van der Waals surface area (Å²) >= 11 is 0. The lowest BCUT2D eigenvalue weighted by Gasteiger charge is -2.23. The van der Waals surface area contributed by atoms with Crippen LogP contribution >= 0.6 is 0 Å². The van der Waals surface area contributed by atoms with Crippen molar-refractivity contribution < 1.29 is 9.90 Å². The van der Waals surface area contributed by atoms with Gasteiger partial charge in [0.1, 0.15) is 0 Å². The van der Waals surface area contributed by atoms with E-state index in [2.05, 4.69) is 49.1 Å². The van der Waals surface area contributed by atoms with Crippen LogP contribution in [-0.2, 0) is 6.42 Å². The van der Waals surface area contributed by atoms with Crippen LogP contribution in [0.15, 0.2) is 48.5 Å². The standard InChI is InChI=1S/C26H28N2O2/c1-3-15-28(16-4-2)20-12-9-18(10-13-20)17-19-11-14-22-24(26(29)30)21-7-5-6-8-23(21)27-25(19)22/h5-10,12-13,17H,3-4,11,14-16H2,1-2H3,(H,29,30). The Hall–Kier alpha value is -3.14. The first kappa shape index (κ1) is 20.1. The predicted octanol–water partition coefficient (Wildman–Crippen LogP) is 6.05. The van der Waals surface area contributed by atoms with Crippen LogP contribution in [0.1, 0.15) is 60.3 Å². The number of carboxylic acids is 1. The molecule has 1 N–H and O–H groups in total. The van der Waals surface area contributed by atoms with Gasteiger partial charge in [0.25, 0.3) is 0 Å². The monoisotopic (exact) mass is 400 g/mol. The summed E-state index contributed by atoms with van der Waals surface area (Å²) in [6.07, 6.45) is 5.97. The number of nitrogens with zero attached hydrogens (tertiary/aromatic N) is 2. The maximum atomic E-state index is 12.0. The van der Waals surface area contributed by atoms with Crippen LogP contribution < -0.4 is 4.90 Å². The molecule has 0 spiro atoms. The van der Waals surface area contributed by atoms with Crippen molar-refractivity contribution in [2.24, 2.45) is 0 Å². The summed E-state index contributed by atoms with van der Waals surface area (Å²) < 4.78 is 0. The summed E-state index contributed by atoms with van der Waals surface area (Å²) in [5.41, 5.74) is 6.35. The van der Waals surface area contributed by atoms with E-state index in [1.54, 1.807) is 0 Å². The summed E-state index contributed by atoms with van der Waals surface area (Å²) in [6.45, 7) is 6.55. The lowest BCUT2D eigenvalue weighted by Crippen LogP contribution is -2.24. The molecule has 1 aliphatic carbocycles. The molecule has 154 valence electrons. The highest BCUT2D eigenvalue weighted by Gasteiger charge is 2.26. The van der Waals surface area contributed by atoms with Crippen LogP contribution in [0.4, 0.5) is 5.69 Å². The number of hydrogen-bond acceptors (Lipinski definition) is 3. The molecule has 0 amide bonds. The minimum absolute atomic E-state index is 0.407. The Kier molecular flexibility index (Phi) is 5.84. The number of hydrogen-bond donors (Lipinski definition) is 1. The van der Waals surface area contributed by atoms with Gasteiger partial charge >= 0.3 is 5.97 Å². The number of aromatic carboxylic acids is 1. The average molecular weight is 401 g/mol. The fourth-order valence-electron chi connectivity index (χ4n) is 4.42. The van der Waals surface area contributed by atoms with E-state index in [9.17, 15) is 9.90 Å². The predicted molar refractivity (Wildman–Crippen MR) is 124 cm³/mol. The quantitative estimate of drug-likeness (QED) is 0.525. The lowest BCUT2D eigenvalue weighted by molar-refractivity contribution is 0.0698. The third kappa shape index (κ3) is 3.82. The van der Waals surface area contributed by atoms with Crippen molar-refractivity contribution in [3.8, 4) is 0 Å². The summed E-state index contributed by atoms with van der Waals surface area (Å²) in [5, 5.41) is 10.6. The Morgan fingerprint density at radius 2 is 1.73 bits per heavy atom. The maximum Gasteiger partial charge on any atom is 0.336 e. The fraction of sp³-hybridized carbons (Fsp3) is 0.308. The first-order chi connectivity index (χ1) is 14.6. The number of pyridine rings is 1. The van der Waals surface area contributed by atoms with Crippen molar-refractivity contribution in [3.63, 3.8) is 0 Å². The molecule has 4 heteroatoms. The van der Waals surface area contributed by atoms with E-state index in [-0.39, 0.29) is 0 Å². The molecule has 0 bridgehead atoms. The number of allylic oxidation sites excluding steroid dienone is 1. The first-order valence-electron chi connectivity index (χ1n) is 10.8. The molecule has 1 aliphatic rings. The molecule has 4 rings (SSSR count). The number of fused-ring (bicyclic) bond motifs is 2. The van der Waals surface area contributed by atoms with Gasteiger partial charge in [-0.2, -0.15) is 0 Å². The maximum absolute atomic E-state index is 12.0. The second-order valence-electron chi connectivity index (χ2n) is 7.88. The van der Waals surface area contributed by atoms with Crippen molar-refractivity contribution in [3.05, 3.63) is 70.9 Å². The number of carbonyl (C=O) groups is 1. The Balaban J connectivity index is 1.70. The van der Waals surface area contributed by atoms with Gasteiger partial charge in [0.05, 0.1) is 16.8 Å². The molecule has 30 heavy (non-hydrogen) atoms. The molecular weight excluding hydrogens is 372 g/mol. The molecule has 0 atom stereocenters. The van der Waals surface area contributed by atoms with Crippen molar-refractivity contribution >= 4 is 34.2 Å². The zero-order valence-electron chi connectivity index (χ0n) is 17.7. The van der Waals surface area contributed by atoms with Crippen LogP contribution in [-0.4, -0.2) is 29.1 Å². The molecule has 0 aliphatic heterocycles. The largest absolute Gasteiger partial charge is 0.478 e. The lowest BCUT2D eigenvalue weighted by atomic mass is 10.0. The fourth-order valence-corrected chi connectivity index (χ4v) is 4.42. The zero-order valence-corrected chi connectivity index (χ0v) is 17.7. The highest BCUT2D eigenvalue weighted by molar-refractivity contribution is 6.06. The number of anilines is 1. The zero-order chi connectivity index (χ0) is 21.1. The summed E-state index contributed by atoms with van der Waals surface area (Å²) in [7, 11) is 0. The normalized spacial score (nSPS) is 14.3. The van der Waals surface area contributed by atoms with Gasteiger partial charge < -0.3 is 10.0 Å². The minimum Gasteiger partial charge on any atom is -0.478 e. The van der Waals surface area contributed by atoms with E-state index in [1.165, 1.54) is 5.69 Å². The molecule has 0 radical (unpaired) electrons. The van der Waals surface area contributed by atoms with Crippen LogP contribution in [0.25, 0.3) is 22.6 Å². The summed E-state index contributed by atoms with van der Waals surface area (Å²) in [5.74, 6) is -0.873. The number of rotatable bonds is 7. The molecular formula is C26H28N2O2. The smallest absolute Gasteiger partial charge is 0.336 e. The molecule has 4 nitrogen and oxygen atoms in total. The van der Waals surface area contributed by atoms with E-state index >= 15 is 0 Å². The van der Waals surface area contributed by atoms with E-state index in [1.807, 2.05) is 24.3 Å². The Morgan fingerprint density at radius 1 is 1.03 bits per heavy atom. The third-order valence-electron chi connectivity index (χ3n) is 5.74. The van der Waals surface area contributed by atoms with E-state index in [4.69, 9.17) is 4.98 Å². The minimum atomic E-state index is -0.873. The summed E-state index contributed by atoms with van der Waals surface area (Å²) in [6, 6.07) is 16.2. The number of aromatic nitrogens is 1. The van der Waals surface area contributed by atoms with Crippen LogP contribution in [0.5, 0.6) is 0 Å². The molecule has 0 fully saturated rings. The highest BCUT2D eigenvalue weighted by Crippen LogP contribution is 2.37. The van der Waals surface area contributed by atoms with Gasteiger partial charge in [-0.25, -0.2) is 9.78 Å². The summed E-state index contributed by atoms with van der Waals surface area (Å²) in [4.78, 5) is 19.3. The Morgan fingerprint density at radius 3 is 2.40 bits per heavy atom. The van der Waals surface area contributed by atoms with Gasteiger partial charge in [-0.3, -0.25) is 0 Å². The van der Waals surface area contributed by atoms with E-state index in [0.29, 0.717) is 5.56 Å². The van der Waals surface area contributed by atoms with Gasteiger partial charge in [-0.15, -0.1) is 0 Å². The molecule has 3 aromatic rings. The number of para-hydroxylation sites is 1. The van der Waals surface area contributed by atoms with Crippen LogP contribution in [0.3, 0.4) is 0 Å². The van der Waals surface area contributed by atoms with Crippen molar-refractivity contribution in [2.75, 3.05) is 18.0 Å². The van der Waals surface area contributed by atoms with E-state index < -0.39 is 5.97 Å². The molecule has 1 aromatic heterocycles. The highest BCUT2D eigenvalue weighted by atomic mass is 16.4. The number of carboxylic acid groups (broad SMARTS) is 1. The molecule has 2 aromatic carbocycles. The Bertz CT molecular complexity index is 1090. The number of benzene rings is 2. The van der Waals surface area contributed by atoms with Crippen LogP contribution in [0.2, 0.25) is 0 Å². The topological polar surface area (TPSA) is 53.4 Å². The van der Waals surface area contributed by atoms with Crippen molar-refractivity contribution in [1.82, 2.24) is 4.98 Å². The molecule has 1 heterocycles. The van der Waals surface area contributed by atoms with Crippen molar-refractivity contribution in [2.45, 2.75) is 39.5 Å². The van der Waals surface area contributed by atoms with Gasteiger partial charge in [-0.1, -0.05) is 44.2 Å². The first-order valence-corrected chi connectivity index (χ1v) is 10.8. The second-order valence-corrected chi connectivity index (χ2v) is 7.88. The van der Waals surface area contributed by atoms with E-state index in [0.717, 1.165) is 72.1 Å². The van der Waals surface area contributed by atoms with Gasteiger partial charge in [-0.05, 0) is 66.7 Å². The molecule has 0 saturated heterocycles. The van der Waals surface area contributed by atoms with Crippen molar-refractivity contribution in [1.29, 1.82) is 0 Å². The van der Waals surface area contributed by atoms with Crippen LogP contribution in [0, 0.1) is 0 Å². The second kappa shape index (κ2) is 8.70. The third-order valence-corrected chi connectivity index (χ3v) is 5.74. The Labute approximate surface area is 177 Å². The van der Waals surface area contributed by atoms with Gasteiger partial charge in [0.2, 0.25) is 0 Å². The molecule has 0 unspecified atom stereocenters. The SMILES string of the molecule is CCCN(CCC)c1ccc(C=C2CCc3c2nc2ccccc2c3C(=O)O)cc1. The van der Waals surface area contributed by atoms with Gasteiger partial charge in [0.15, 0.2) is 0 Å². The molecule has 0 saturated carbocycles. The van der Waals surface area contributed by atoms with Gasteiger partial charge in [0, 0.05) is 24.2 Å². The average Bonchev–Trinajstić information content (AvgIpc) is 3.14.